The molecule has 0 fully saturated rings. The molecule has 0 atom stereocenters. The van der Waals surface area contributed by atoms with Crippen LogP contribution in [0.25, 0.3) is 11.2 Å². The Morgan fingerprint density at radius 2 is 1.75 bits per heavy atom. The van der Waals surface area contributed by atoms with Gasteiger partial charge in [-0.2, -0.15) is 4.98 Å². The number of hydrogen-bond donors (Lipinski definition) is 1. The molecule has 2 aromatic heterocycles. The van der Waals surface area contributed by atoms with Gasteiger partial charge in [0.2, 0.25) is 5.88 Å². The highest BCUT2D eigenvalue weighted by atomic mass is 16.5. The second kappa shape index (κ2) is 4.63. The summed E-state index contributed by atoms with van der Waals surface area (Å²) in [6.45, 7) is 4.30. The zero-order valence-corrected chi connectivity index (χ0v) is 11.8. The first kappa shape index (κ1) is 12.7. The normalized spacial score (nSPS) is 11.8. The maximum absolute atomic E-state index is 5.14. The fourth-order valence-corrected chi connectivity index (χ4v) is 2.28. The first-order valence-corrected chi connectivity index (χ1v) is 6.58. The summed E-state index contributed by atoms with van der Waals surface area (Å²) in [6.07, 6.45) is 0. The number of ether oxygens (including phenoxy) is 1. The number of imidazole rings is 1. The van der Waals surface area contributed by atoms with Crippen molar-refractivity contribution in [3.05, 3.63) is 53.9 Å². The van der Waals surface area contributed by atoms with Crippen molar-refractivity contribution in [2.45, 2.75) is 19.3 Å². The van der Waals surface area contributed by atoms with Gasteiger partial charge in [-0.05, 0) is 25.5 Å². The van der Waals surface area contributed by atoms with Crippen molar-refractivity contribution in [1.29, 1.82) is 0 Å². The zero-order chi connectivity index (χ0) is 14.2. The summed E-state index contributed by atoms with van der Waals surface area (Å²) >= 11 is 0. The predicted octanol–water partition coefficient (Wildman–Crippen LogP) is 3.29. The lowest BCUT2D eigenvalue weighted by Crippen LogP contribution is -2.20. The molecule has 4 nitrogen and oxygen atoms in total. The first-order chi connectivity index (χ1) is 9.61. The average molecular weight is 267 g/mol. The number of methoxy groups -OCH3 is 1. The first-order valence-electron chi connectivity index (χ1n) is 6.58. The van der Waals surface area contributed by atoms with E-state index in [1.807, 2.05) is 30.3 Å². The Morgan fingerprint density at radius 1 is 1.00 bits per heavy atom. The molecule has 1 aromatic carbocycles. The minimum absolute atomic E-state index is 0.199. The van der Waals surface area contributed by atoms with Gasteiger partial charge < -0.3 is 9.72 Å². The fourth-order valence-electron chi connectivity index (χ4n) is 2.28. The lowest BCUT2D eigenvalue weighted by atomic mass is 9.84. The van der Waals surface area contributed by atoms with Gasteiger partial charge in [0, 0.05) is 11.5 Å². The van der Waals surface area contributed by atoms with E-state index in [0.29, 0.717) is 11.5 Å². The molecule has 20 heavy (non-hydrogen) atoms. The van der Waals surface area contributed by atoms with E-state index in [0.717, 1.165) is 11.3 Å². The monoisotopic (exact) mass is 267 g/mol. The summed E-state index contributed by atoms with van der Waals surface area (Å²) in [4.78, 5) is 12.3. The Morgan fingerprint density at radius 3 is 2.45 bits per heavy atom. The molecular weight excluding hydrogens is 250 g/mol. The van der Waals surface area contributed by atoms with Gasteiger partial charge in [-0.3, -0.25) is 0 Å². The standard InChI is InChI=1S/C16H17N3O/c1-16(2,11-7-5-4-6-8-11)15-17-12-9-10-13(20-3)18-14(12)19-15/h4-10H,1-3H3,(H,17,18,19). The Hall–Kier alpha value is -2.36. The minimum atomic E-state index is -0.199. The van der Waals surface area contributed by atoms with Gasteiger partial charge >= 0.3 is 0 Å². The summed E-state index contributed by atoms with van der Waals surface area (Å²) in [6, 6.07) is 14.1. The molecule has 0 aliphatic carbocycles. The molecule has 0 saturated heterocycles. The number of benzene rings is 1. The third kappa shape index (κ3) is 2.03. The zero-order valence-electron chi connectivity index (χ0n) is 11.8. The van der Waals surface area contributed by atoms with Crippen LogP contribution in [0.1, 0.15) is 25.2 Å². The molecule has 102 valence electrons. The van der Waals surface area contributed by atoms with Crippen LogP contribution in [0, 0.1) is 0 Å². The second-order valence-electron chi connectivity index (χ2n) is 5.30. The van der Waals surface area contributed by atoms with Crippen molar-refractivity contribution in [3.8, 4) is 5.88 Å². The van der Waals surface area contributed by atoms with Crippen LogP contribution < -0.4 is 4.74 Å². The van der Waals surface area contributed by atoms with Gasteiger partial charge in [0.15, 0.2) is 5.65 Å². The molecule has 1 N–H and O–H groups in total. The molecule has 0 bridgehead atoms. The average Bonchev–Trinajstić information content (AvgIpc) is 2.91. The Kier molecular flexibility index (Phi) is 2.93. The summed E-state index contributed by atoms with van der Waals surface area (Å²) in [7, 11) is 1.61. The Balaban J connectivity index is 2.10. The molecule has 0 spiro atoms. The van der Waals surface area contributed by atoms with Crippen molar-refractivity contribution in [3.63, 3.8) is 0 Å². The van der Waals surface area contributed by atoms with Crippen molar-refractivity contribution in [2.24, 2.45) is 0 Å². The van der Waals surface area contributed by atoms with E-state index in [2.05, 4.69) is 40.9 Å². The Bertz CT molecular complexity index is 732. The number of nitrogens with zero attached hydrogens (tertiary/aromatic N) is 2. The number of rotatable bonds is 3. The van der Waals surface area contributed by atoms with Gasteiger partial charge in [-0.1, -0.05) is 30.3 Å². The van der Waals surface area contributed by atoms with Gasteiger partial charge in [0.1, 0.15) is 5.82 Å². The molecule has 0 aliphatic heterocycles. The molecule has 3 aromatic rings. The molecule has 4 heteroatoms. The van der Waals surface area contributed by atoms with Crippen molar-refractivity contribution in [1.82, 2.24) is 15.0 Å². The molecule has 0 amide bonds. The summed E-state index contributed by atoms with van der Waals surface area (Å²) in [5.74, 6) is 1.48. The quantitative estimate of drug-likeness (QED) is 0.792. The number of aromatic nitrogens is 3. The number of hydrogen-bond acceptors (Lipinski definition) is 3. The van der Waals surface area contributed by atoms with Crippen LogP contribution in [0.2, 0.25) is 0 Å². The number of nitrogens with one attached hydrogen (secondary N) is 1. The smallest absolute Gasteiger partial charge is 0.215 e. The summed E-state index contributed by atoms with van der Waals surface area (Å²) < 4.78 is 5.14. The maximum atomic E-state index is 5.14. The van der Waals surface area contributed by atoms with Crippen LogP contribution in [0.5, 0.6) is 5.88 Å². The topological polar surface area (TPSA) is 50.8 Å². The van der Waals surface area contributed by atoms with E-state index in [-0.39, 0.29) is 5.41 Å². The van der Waals surface area contributed by atoms with E-state index in [9.17, 15) is 0 Å². The van der Waals surface area contributed by atoms with Gasteiger partial charge in [0.05, 0.1) is 12.6 Å². The van der Waals surface area contributed by atoms with E-state index in [1.54, 1.807) is 7.11 Å². The molecule has 0 unspecified atom stereocenters. The summed E-state index contributed by atoms with van der Waals surface area (Å²) in [5, 5.41) is 0. The van der Waals surface area contributed by atoms with Crippen LogP contribution in [-0.2, 0) is 5.41 Å². The number of pyridine rings is 1. The van der Waals surface area contributed by atoms with Gasteiger partial charge in [-0.25, -0.2) is 4.98 Å². The van der Waals surface area contributed by atoms with E-state index in [1.165, 1.54) is 5.56 Å². The molecule has 2 heterocycles. The van der Waals surface area contributed by atoms with Crippen LogP contribution in [0.3, 0.4) is 0 Å². The van der Waals surface area contributed by atoms with E-state index >= 15 is 0 Å². The lowest BCUT2D eigenvalue weighted by Gasteiger charge is -2.22. The third-order valence-electron chi connectivity index (χ3n) is 3.62. The van der Waals surface area contributed by atoms with Crippen LogP contribution in [0.4, 0.5) is 0 Å². The highest BCUT2D eigenvalue weighted by molar-refractivity contribution is 5.71. The largest absolute Gasteiger partial charge is 0.481 e. The summed E-state index contributed by atoms with van der Waals surface area (Å²) in [5.41, 5.74) is 2.62. The van der Waals surface area contributed by atoms with Gasteiger partial charge in [0.25, 0.3) is 0 Å². The van der Waals surface area contributed by atoms with E-state index < -0.39 is 0 Å². The maximum Gasteiger partial charge on any atom is 0.215 e. The Labute approximate surface area is 117 Å². The second-order valence-corrected chi connectivity index (χ2v) is 5.30. The number of H-pyrrole nitrogens is 1. The minimum Gasteiger partial charge on any atom is -0.481 e. The molecule has 0 saturated carbocycles. The lowest BCUT2D eigenvalue weighted by molar-refractivity contribution is 0.399. The predicted molar refractivity (Wildman–Crippen MR) is 79.0 cm³/mol. The highest BCUT2D eigenvalue weighted by Gasteiger charge is 2.26. The van der Waals surface area contributed by atoms with Gasteiger partial charge in [-0.15, -0.1) is 0 Å². The van der Waals surface area contributed by atoms with Crippen molar-refractivity contribution in [2.75, 3.05) is 7.11 Å². The van der Waals surface area contributed by atoms with E-state index in [4.69, 9.17) is 4.74 Å². The molecular formula is C16H17N3O. The third-order valence-corrected chi connectivity index (χ3v) is 3.62. The molecule has 3 rings (SSSR count). The highest BCUT2D eigenvalue weighted by Crippen LogP contribution is 2.30. The SMILES string of the molecule is COc1ccc2[nH]c(C(C)(C)c3ccccc3)nc2n1. The number of aromatic amines is 1. The molecule has 0 aliphatic rings. The van der Waals surface area contributed by atoms with Crippen LogP contribution in [-0.4, -0.2) is 22.1 Å². The molecule has 0 radical (unpaired) electrons. The van der Waals surface area contributed by atoms with Crippen LogP contribution in [0.15, 0.2) is 42.5 Å². The number of fused-ring (bicyclic) bond motifs is 1. The van der Waals surface area contributed by atoms with Crippen molar-refractivity contribution >= 4 is 11.2 Å². The van der Waals surface area contributed by atoms with Crippen LogP contribution >= 0.6 is 0 Å². The van der Waals surface area contributed by atoms with Crippen molar-refractivity contribution < 1.29 is 4.74 Å². The fraction of sp³-hybridized carbons (Fsp3) is 0.250.